The number of hydrogen-bond donors (Lipinski definition) is 0. The Hall–Kier alpha value is -0.330. The molecule has 0 aromatic rings. The lowest BCUT2D eigenvalue weighted by molar-refractivity contribution is 0.134. The Labute approximate surface area is 84.6 Å². The Morgan fingerprint density at radius 1 is 1.21 bits per heavy atom. The van der Waals surface area contributed by atoms with E-state index >= 15 is 0 Å². The molecule has 6 atom stereocenters. The van der Waals surface area contributed by atoms with E-state index in [1.807, 2.05) is 0 Å². The lowest BCUT2D eigenvalue weighted by atomic mass is 9.69. The molecule has 0 amide bonds. The molecule has 6 unspecified atom stereocenters. The Morgan fingerprint density at radius 3 is 3.00 bits per heavy atom. The van der Waals surface area contributed by atoms with Gasteiger partial charge in [-0.25, -0.2) is 0 Å². The summed E-state index contributed by atoms with van der Waals surface area (Å²) in [6.45, 7) is -0.0653. The van der Waals surface area contributed by atoms with E-state index in [9.17, 15) is 4.39 Å². The number of fused-ring (bicyclic) bond motifs is 3. The minimum Gasteiger partial charge on any atom is -0.251 e. The van der Waals surface area contributed by atoms with Crippen molar-refractivity contribution in [2.24, 2.45) is 35.0 Å². The van der Waals surface area contributed by atoms with Gasteiger partial charge in [-0.1, -0.05) is 12.2 Å². The summed E-state index contributed by atoms with van der Waals surface area (Å²) in [5.74, 6) is 3.91. The van der Waals surface area contributed by atoms with Crippen LogP contribution in [0.4, 0.5) is 4.39 Å². The summed E-state index contributed by atoms with van der Waals surface area (Å²) >= 11 is 0. The maximum absolute atomic E-state index is 12.7. The highest BCUT2D eigenvalue weighted by molar-refractivity contribution is 5.28. The molecule has 1 spiro atoms. The van der Waals surface area contributed by atoms with Gasteiger partial charge in [0.15, 0.2) is 0 Å². The highest BCUT2D eigenvalue weighted by atomic mass is 19.1. The second-order valence-electron chi connectivity index (χ2n) is 6.00. The molecule has 14 heavy (non-hydrogen) atoms. The van der Waals surface area contributed by atoms with Gasteiger partial charge in [-0.05, 0) is 60.7 Å². The SMILES string of the molecule is FCC1CC2CC23C2C=CC(C2)C3C1. The largest absolute Gasteiger partial charge is 0.251 e. The number of halogens is 1. The van der Waals surface area contributed by atoms with Gasteiger partial charge in [0.2, 0.25) is 0 Å². The van der Waals surface area contributed by atoms with Crippen LogP contribution in [0, 0.1) is 35.0 Å². The van der Waals surface area contributed by atoms with Gasteiger partial charge in [0.25, 0.3) is 0 Å². The van der Waals surface area contributed by atoms with Gasteiger partial charge in [-0.3, -0.25) is 4.39 Å². The van der Waals surface area contributed by atoms with Gasteiger partial charge in [0.1, 0.15) is 0 Å². The zero-order valence-electron chi connectivity index (χ0n) is 8.45. The second kappa shape index (κ2) is 2.25. The van der Waals surface area contributed by atoms with Gasteiger partial charge in [-0.15, -0.1) is 0 Å². The molecule has 0 aromatic carbocycles. The molecule has 3 fully saturated rings. The van der Waals surface area contributed by atoms with Gasteiger partial charge < -0.3 is 0 Å². The minimum atomic E-state index is -0.0653. The van der Waals surface area contributed by atoms with E-state index in [0.29, 0.717) is 11.3 Å². The predicted octanol–water partition coefficient (Wildman–Crippen LogP) is 3.19. The topological polar surface area (TPSA) is 0 Å². The smallest absolute Gasteiger partial charge is 0.0922 e. The van der Waals surface area contributed by atoms with Gasteiger partial charge in [0, 0.05) is 0 Å². The van der Waals surface area contributed by atoms with Crippen LogP contribution >= 0.6 is 0 Å². The molecule has 1 heteroatoms. The van der Waals surface area contributed by atoms with Crippen LogP contribution in [0.1, 0.15) is 25.7 Å². The average molecular weight is 192 g/mol. The van der Waals surface area contributed by atoms with E-state index in [0.717, 1.165) is 23.7 Å². The van der Waals surface area contributed by atoms with E-state index in [1.54, 1.807) is 0 Å². The Balaban J connectivity index is 1.71. The molecule has 0 aliphatic heterocycles. The zero-order valence-corrected chi connectivity index (χ0v) is 8.45. The van der Waals surface area contributed by atoms with Crippen molar-refractivity contribution in [2.45, 2.75) is 25.7 Å². The summed E-state index contributed by atoms with van der Waals surface area (Å²) in [5, 5.41) is 0. The zero-order chi connectivity index (χ0) is 9.34. The van der Waals surface area contributed by atoms with Crippen molar-refractivity contribution >= 4 is 0 Å². The van der Waals surface area contributed by atoms with Crippen molar-refractivity contribution in [3.63, 3.8) is 0 Å². The van der Waals surface area contributed by atoms with E-state index in [-0.39, 0.29) is 6.67 Å². The summed E-state index contributed by atoms with van der Waals surface area (Å²) < 4.78 is 12.7. The summed E-state index contributed by atoms with van der Waals surface area (Å²) in [5.41, 5.74) is 0.699. The van der Waals surface area contributed by atoms with Crippen LogP contribution in [-0.4, -0.2) is 6.67 Å². The standard InChI is InChI=1S/C13H17F/c14-7-8-3-11-6-13(11)10-2-1-9(5-10)12(13)4-8/h1-2,8-12H,3-7H2. The van der Waals surface area contributed by atoms with Crippen LogP contribution in [0.5, 0.6) is 0 Å². The molecule has 76 valence electrons. The fourth-order valence-electron chi connectivity index (χ4n) is 5.05. The molecular formula is C13H17F. The minimum absolute atomic E-state index is 0.0653. The third kappa shape index (κ3) is 0.697. The summed E-state index contributed by atoms with van der Waals surface area (Å²) in [6, 6.07) is 0. The molecule has 3 saturated carbocycles. The van der Waals surface area contributed by atoms with Crippen molar-refractivity contribution in [1.29, 1.82) is 0 Å². The fourth-order valence-corrected chi connectivity index (χ4v) is 5.05. The molecule has 0 aromatic heterocycles. The summed E-state index contributed by atoms with van der Waals surface area (Å²) in [7, 11) is 0. The first-order valence-electron chi connectivity index (χ1n) is 6.09. The molecule has 0 saturated heterocycles. The molecule has 4 aliphatic carbocycles. The second-order valence-corrected chi connectivity index (χ2v) is 6.00. The van der Waals surface area contributed by atoms with Crippen molar-refractivity contribution in [1.82, 2.24) is 0 Å². The van der Waals surface area contributed by atoms with Gasteiger partial charge >= 0.3 is 0 Å². The molecule has 0 N–H and O–H groups in total. The van der Waals surface area contributed by atoms with Gasteiger partial charge in [-0.2, -0.15) is 0 Å². The van der Waals surface area contributed by atoms with Crippen molar-refractivity contribution in [3.05, 3.63) is 12.2 Å². The van der Waals surface area contributed by atoms with Crippen LogP contribution in [0.15, 0.2) is 12.2 Å². The maximum Gasteiger partial charge on any atom is 0.0922 e. The molecular weight excluding hydrogens is 175 g/mol. The highest BCUT2D eigenvalue weighted by Crippen LogP contribution is 2.77. The van der Waals surface area contributed by atoms with Gasteiger partial charge in [0.05, 0.1) is 6.67 Å². The summed E-state index contributed by atoms with van der Waals surface area (Å²) in [4.78, 5) is 0. The number of hydrogen-bond acceptors (Lipinski definition) is 0. The summed E-state index contributed by atoms with van der Waals surface area (Å²) in [6.07, 6.45) is 10.1. The number of allylic oxidation sites excluding steroid dienone is 2. The Kier molecular flexibility index (Phi) is 1.27. The maximum atomic E-state index is 12.7. The van der Waals surface area contributed by atoms with Crippen LogP contribution in [0.2, 0.25) is 0 Å². The van der Waals surface area contributed by atoms with E-state index in [2.05, 4.69) is 12.2 Å². The third-order valence-electron chi connectivity index (χ3n) is 5.64. The first-order chi connectivity index (χ1) is 6.84. The van der Waals surface area contributed by atoms with Crippen LogP contribution in [-0.2, 0) is 0 Å². The van der Waals surface area contributed by atoms with E-state index in [1.165, 1.54) is 25.7 Å². The fraction of sp³-hybridized carbons (Fsp3) is 0.846. The first-order valence-corrected chi connectivity index (χ1v) is 6.09. The molecule has 0 radical (unpaired) electrons. The highest BCUT2D eigenvalue weighted by Gasteiger charge is 2.70. The number of rotatable bonds is 1. The van der Waals surface area contributed by atoms with Crippen molar-refractivity contribution in [3.8, 4) is 0 Å². The Morgan fingerprint density at radius 2 is 2.14 bits per heavy atom. The molecule has 0 nitrogen and oxygen atoms in total. The molecule has 4 rings (SSSR count). The van der Waals surface area contributed by atoms with Crippen LogP contribution in [0.3, 0.4) is 0 Å². The van der Waals surface area contributed by atoms with Crippen LogP contribution < -0.4 is 0 Å². The third-order valence-corrected chi connectivity index (χ3v) is 5.64. The first kappa shape index (κ1) is 7.90. The monoisotopic (exact) mass is 192 g/mol. The predicted molar refractivity (Wildman–Crippen MR) is 53.5 cm³/mol. The average Bonchev–Trinajstić information content (AvgIpc) is 2.62. The normalized spacial score (nSPS) is 62.5. The quantitative estimate of drug-likeness (QED) is 0.560. The van der Waals surface area contributed by atoms with E-state index in [4.69, 9.17) is 0 Å². The Bertz CT molecular complexity index is 308. The lowest BCUT2D eigenvalue weighted by Gasteiger charge is -2.36. The van der Waals surface area contributed by atoms with E-state index < -0.39 is 0 Å². The molecule has 4 aliphatic rings. The van der Waals surface area contributed by atoms with Crippen LogP contribution in [0.25, 0.3) is 0 Å². The molecule has 0 heterocycles. The van der Waals surface area contributed by atoms with Crippen molar-refractivity contribution < 1.29 is 4.39 Å². The molecule has 2 bridgehead atoms. The number of alkyl halides is 1. The van der Waals surface area contributed by atoms with Crippen molar-refractivity contribution in [2.75, 3.05) is 6.67 Å². The lowest BCUT2D eigenvalue weighted by Crippen LogP contribution is -2.30.